The number of pyridine rings is 1. The summed E-state index contributed by atoms with van der Waals surface area (Å²) in [7, 11) is 0. The van der Waals surface area contributed by atoms with Gasteiger partial charge in [0.05, 0.1) is 12.6 Å². The van der Waals surface area contributed by atoms with Crippen molar-refractivity contribution in [3.05, 3.63) is 35.9 Å². The predicted octanol–water partition coefficient (Wildman–Crippen LogP) is 1.51. The number of ether oxygens (including phenoxy) is 1. The van der Waals surface area contributed by atoms with Gasteiger partial charge in [-0.15, -0.1) is 5.10 Å². The van der Waals surface area contributed by atoms with Crippen LogP contribution in [0.2, 0.25) is 0 Å². The second kappa shape index (κ2) is 10.1. The van der Waals surface area contributed by atoms with E-state index in [1.807, 2.05) is 17.0 Å². The largest absolute Gasteiger partial charge is 0.376 e. The summed E-state index contributed by atoms with van der Waals surface area (Å²) in [6, 6.07) is 3.88. The highest BCUT2D eigenvalue weighted by Gasteiger charge is 2.25. The number of carbonyl (C=O) groups excluding carboxylic acids is 1. The van der Waals surface area contributed by atoms with Crippen LogP contribution in [0.5, 0.6) is 0 Å². The highest BCUT2D eigenvalue weighted by Crippen LogP contribution is 2.18. The monoisotopic (exact) mass is 413 g/mol. The number of amides is 1. The van der Waals surface area contributed by atoms with Crippen LogP contribution >= 0.6 is 0 Å². The molecule has 0 N–H and O–H groups in total. The number of carbonyl (C=O) groups is 1. The van der Waals surface area contributed by atoms with Gasteiger partial charge in [-0.05, 0) is 72.8 Å². The average molecular weight is 414 g/mol. The molecule has 0 radical (unpaired) electrons. The smallest absolute Gasteiger partial charge is 0.244 e. The molecule has 0 aromatic carbocycles. The summed E-state index contributed by atoms with van der Waals surface area (Å²) < 4.78 is 7.43. The van der Waals surface area contributed by atoms with Gasteiger partial charge in [0, 0.05) is 32.1 Å². The summed E-state index contributed by atoms with van der Waals surface area (Å²) >= 11 is 0. The van der Waals surface area contributed by atoms with Crippen molar-refractivity contribution in [1.82, 2.24) is 35.0 Å². The van der Waals surface area contributed by atoms with Crippen molar-refractivity contribution < 1.29 is 9.53 Å². The Labute approximate surface area is 177 Å². The van der Waals surface area contributed by atoms with Crippen molar-refractivity contribution in [3.8, 4) is 0 Å². The number of aromatic nitrogens is 5. The Kier molecular flexibility index (Phi) is 7.01. The maximum atomic E-state index is 13.2. The van der Waals surface area contributed by atoms with Crippen LogP contribution in [-0.4, -0.2) is 73.2 Å². The minimum atomic E-state index is 0.00290. The Hall–Kier alpha value is -2.39. The molecule has 4 rings (SSSR count). The molecule has 2 aromatic rings. The number of tetrazole rings is 1. The number of hydrogen-bond donors (Lipinski definition) is 0. The van der Waals surface area contributed by atoms with Gasteiger partial charge in [-0.3, -0.25) is 14.7 Å². The van der Waals surface area contributed by atoms with Gasteiger partial charge in [-0.25, -0.2) is 4.68 Å². The fourth-order valence-electron chi connectivity index (χ4n) is 4.10. The zero-order chi connectivity index (χ0) is 20.8. The van der Waals surface area contributed by atoms with Gasteiger partial charge in [0.15, 0.2) is 5.82 Å². The number of piperidine rings is 1. The third-order valence-corrected chi connectivity index (χ3v) is 6.06. The first-order valence-corrected chi connectivity index (χ1v) is 10.9. The second-order valence-corrected chi connectivity index (χ2v) is 8.48. The fourth-order valence-corrected chi connectivity index (χ4v) is 4.10. The molecule has 162 valence electrons. The normalized spacial score (nSPS) is 20.5. The molecule has 0 bridgehead atoms. The number of rotatable bonds is 8. The molecule has 2 aliphatic heterocycles. The lowest BCUT2D eigenvalue weighted by Crippen LogP contribution is -2.39. The third kappa shape index (κ3) is 5.60. The summed E-state index contributed by atoms with van der Waals surface area (Å²) in [4.78, 5) is 21.5. The molecule has 2 aromatic heterocycles. The van der Waals surface area contributed by atoms with Crippen molar-refractivity contribution >= 4 is 5.91 Å². The summed E-state index contributed by atoms with van der Waals surface area (Å²) in [5, 5.41) is 12.1. The van der Waals surface area contributed by atoms with E-state index in [1.54, 1.807) is 17.1 Å². The van der Waals surface area contributed by atoms with E-state index in [-0.39, 0.29) is 18.6 Å². The summed E-state index contributed by atoms with van der Waals surface area (Å²) in [6.45, 7) is 7.11. The first kappa shape index (κ1) is 20.9. The topological polar surface area (TPSA) is 89.3 Å². The van der Waals surface area contributed by atoms with E-state index in [0.29, 0.717) is 19.6 Å². The van der Waals surface area contributed by atoms with Crippen molar-refractivity contribution in [2.24, 2.45) is 5.92 Å². The zero-order valence-electron chi connectivity index (χ0n) is 17.7. The van der Waals surface area contributed by atoms with Crippen LogP contribution < -0.4 is 0 Å². The number of nitrogens with zero attached hydrogens (tertiary/aromatic N) is 7. The van der Waals surface area contributed by atoms with Gasteiger partial charge in [0.25, 0.3) is 0 Å². The Morgan fingerprint density at radius 3 is 2.77 bits per heavy atom. The maximum absolute atomic E-state index is 13.2. The minimum absolute atomic E-state index is 0.00290. The van der Waals surface area contributed by atoms with Crippen molar-refractivity contribution in [2.45, 2.75) is 58.3 Å². The summed E-state index contributed by atoms with van der Waals surface area (Å²) in [5.41, 5.74) is 1.05. The van der Waals surface area contributed by atoms with E-state index < -0.39 is 0 Å². The molecule has 4 heterocycles. The van der Waals surface area contributed by atoms with Gasteiger partial charge >= 0.3 is 0 Å². The van der Waals surface area contributed by atoms with Gasteiger partial charge < -0.3 is 9.64 Å². The molecule has 2 aliphatic rings. The molecule has 1 amide bonds. The van der Waals surface area contributed by atoms with Crippen molar-refractivity contribution in [1.29, 1.82) is 0 Å². The highest BCUT2D eigenvalue weighted by atomic mass is 16.5. The Morgan fingerprint density at radius 2 is 2.03 bits per heavy atom. The van der Waals surface area contributed by atoms with Crippen LogP contribution in [0.4, 0.5) is 0 Å². The van der Waals surface area contributed by atoms with Gasteiger partial charge in [-0.1, -0.05) is 6.92 Å². The van der Waals surface area contributed by atoms with E-state index in [1.165, 1.54) is 12.8 Å². The van der Waals surface area contributed by atoms with E-state index in [2.05, 4.69) is 32.3 Å². The molecular formula is C21H31N7O2. The van der Waals surface area contributed by atoms with E-state index in [9.17, 15) is 4.79 Å². The lowest BCUT2D eigenvalue weighted by atomic mass is 9.99. The van der Waals surface area contributed by atoms with Crippen LogP contribution in [0, 0.1) is 5.92 Å². The van der Waals surface area contributed by atoms with E-state index in [4.69, 9.17) is 4.74 Å². The first-order valence-electron chi connectivity index (χ1n) is 10.9. The van der Waals surface area contributed by atoms with Crippen LogP contribution in [0.25, 0.3) is 0 Å². The maximum Gasteiger partial charge on any atom is 0.244 e. The molecule has 1 unspecified atom stereocenters. The van der Waals surface area contributed by atoms with Crippen molar-refractivity contribution in [3.63, 3.8) is 0 Å². The molecule has 0 aliphatic carbocycles. The first-order chi connectivity index (χ1) is 14.7. The molecule has 1 atom stereocenters. The highest BCUT2D eigenvalue weighted by molar-refractivity contribution is 5.76. The van der Waals surface area contributed by atoms with Gasteiger partial charge in [0.1, 0.15) is 6.54 Å². The SMILES string of the molecule is CC1CCN(Cc2nnnn2CC(=O)N(Cc2ccncc2)CC2CCCO2)CC1. The molecule has 0 spiro atoms. The van der Waals surface area contributed by atoms with Gasteiger partial charge in [-0.2, -0.15) is 0 Å². The minimum Gasteiger partial charge on any atom is -0.376 e. The van der Waals surface area contributed by atoms with E-state index in [0.717, 1.165) is 49.8 Å². The molecule has 2 saturated heterocycles. The van der Waals surface area contributed by atoms with Crippen molar-refractivity contribution in [2.75, 3.05) is 26.2 Å². The molecule has 2 fully saturated rings. The quantitative estimate of drug-likeness (QED) is 0.648. The Bertz CT molecular complexity index is 799. The van der Waals surface area contributed by atoms with Crippen LogP contribution in [0.1, 0.15) is 44.0 Å². The standard InChI is InChI=1S/C21H31N7O2/c1-17-6-10-26(11-7-17)15-20-23-24-25-28(20)16-21(29)27(14-19-3-2-12-30-19)13-18-4-8-22-9-5-18/h4-5,8-9,17,19H,2-3,6-7,10-16H2,1H3. The Balaban J connectivity index is 1.41. The summed E-state index contributed by atoms with van der Waals surface area (Å²) in [6.07, 6.45) is 8.03. The lowest BCUT2D eigenvalue weighted by Gasteiger charge is -2.29. The molecule has 30 heavy (non-hydrogen) atoms. The predicted molar refractivity (Wildman–Crippen MR) is 110 cm³/mol. The summed E-state index contributed by atoms with van der Waals surface area (Å²) in [5.74, 6) is 1.53. The second-order valence-electron chi connectivity index (χ2n) is 8.48. The lowest BCUT2D eigenvalue weighted by molar-refractivity contribution is -0.134. The fraction of sp³-hybridized carbons (Fsp3) is 0.667. The van der Waals surface area contributed by atoms with Gasteiger partial charge in [0.2, 0.25) is 5.91 Å². The van der Waals surface area contributed by atoms with Crippen LogP contribution in [0.3, 0.4) is 0 Å². The number of likely N-dealkylation sites (tertiary alicyclic amines) is 1. The number of hydrogen-bond acceptors (Lipinski definition) is 7. The molecule has 9 nitrogen and oxygen atoms in total. The average Bonchev–Trinajstić information content (AvgIpc) is 3.42. The zero-order valence-corrected chi connectivity index (χ0v) is 17.7. The molecule has 0 saturated carbocycles. The van der Waals surface area contributed by atoms with Crippen LogP contribution in [-0.2, 0) is 29.2 Å². The third-order valence-electron chi connectivity index (χ3n) is 6.06. The van der Waals surface area contributed by atoms with E-state index >= 15 is 0 Å². The molecule has 9 heteroatoms. The van der Waals surface area contributed by atoms with Crippen LogP contribution in [0.15, 0.2) is 24.5 Å². The molecular weight excluding hydrogens is 382 g/mol. The Morgan fingerprint density at radius 1 is 1.23 bits per heavy atom.